The summed E-state index contributed by atoms with van der Waals surface area (Å²) in [4.78, 5) is 23.4. The second kappa shape index (κ2) is 7.05. The Morgan fingerprint density at radius 1 is 1.35 bits per heavy atom. The van der Waals surface area contributed by atoms with E-state index in [0.717, 1.165) is 18.5 Å². The van der Waals surface area contributed by atoms with Crippen molar-refractivity contribution < 1.29 is 14.3 Å². The average molecular weight is 276 g/mol. The third-order valence-electron chi connectivity index (χ3n) is 3.56. The Bertz CT molecular complexity index is 461. The van der Waals surface area contributed by atoms with Gasteiger partial charge in [-0.25, -0.2) is 4.79 Å². The third kappa shape index (κ3) is 4.06. The highest BCUT2D eigenvalue weighted by Crippen LogP contribution is 2.15. The number of ketones is 1. The van der Waals surface area contributed by atoms with E-state index in [1.807, 2.05) is 37.3 Å². The molecule has 0 radical (unpaired) electrons. The predicted molar refractivity (Wildman–Crippen MR) is 75.2 cm³/mol. The van der Waals surface area contributed by atoms with Gasteiger partial charge in [-0.15, -0.1) is 0 Å². The lowest BCUT2D eigenvalue weighted by atomic mass is 9.97. The standard InChI is InChI=1S/C15H20N2O3/c1-11-13(7-8-16-11)14(18)9-17-15(19)20-10-12-5-3-2-4-6-12/h2-6,11,13,16H,7-10H2,1H3,(H,17,19)/t11-,13?/m1/s1. The normalized spacial score (nSPS) is 21.4. The van der Waals surface area contributed by atoms with E-state index in [1.165, 1.54) is 0 Å². The molecule has 1 saturated heterocycles. The maximum Gasteiger partial charge on any atom is 0.407 e. The van der Waals surface area contributed by atoms with E-state index in [-0.39, 0.29) is 30.9 Å². The van der Waals surface area contributed by atoms with E-state index < -0.39 is 6.09 Å². The van der Waals surface area contributed by atoms with E-state index in [1.54, 1.807) is 0 Å². The Kier molecular flexibility index (Phi) is 5.12. The number of Topliss-reactive ketones (excluding diaryl/α,β-unsaturated/α-hetero) is 1. The molecule has 1 fully saturated rings. The SMILES string of the molecule is C[C@H]1NCCC1C(=O)CNC(=O)OCc1ccccc1. The smallest absolute Gasteiger partial charge is 0.407 e. The molecule has 0 aromatic heterocycles. The maximum atomic E-state index is 11.9. The van der Waals surface area contributed by atoms with Crippen molar-refractivity contribution in [1.82, 2.24) is 10.6 Å². The maximum absolute atomic E-state index is 11.9. The summed E-state index contributed by atoms with van der Waals surface area (Å²) in [5, 5.41) is 5.73. The van der Waals surface area contributed by atoms with E-state index in [9.17, 15) is 9.59 Å². The van der Waals surface area contributed by atoms with Gasteiger partial charge in [-0.2, -0.15) is 0 Å². The Hall–Kier alpha value is -1.88. The van der Waals surface area contributed by atoms with Crippen molar-refractivity contribution >= 4 is 11.9 Å². The first-order valence-corrected chi connectivity index (χ1v) is 6.87. The van der Waals surface area contributed by atoms with Gasteiger partial charge in [0.1, 0.15) is 6.61 Å². The molecule has 1 aromatic rings. The number of carbonyl (C=O) groups is 2. The first kappa shape index (κ1) is 14.5. The summed E-state index contributed by atoms with van der Waals surface area (Å²) in [6.07, 6.45) is 0.279. The van der Waals surface area contributed by atoms with E-state index in [4.69, 9.17) is 4.74 Å². The number of alkyl carbamates (subject to hydrolysis) is 1. The molecule has 1 aliphatic heterocycles. The van der Waals surface area contributed by atoms with Crippen molar-refractivity contribution in [3.8, 4) is 0 Å². The quantitative estimate of drug-likeness (QED) is 0.855. The van der Waals surface area contributed by atoms with E-state index in [2.05, 4.69) is 10.6 Å². The van der Waals surface area contributed by atoms with Crippen LogP contribution >= 0.6 is 0 Å². The molecule has 1 amide bonds. The van der Waals surface area contributed by atoms with Gasteiger partial charge in [0.25, 0.3) is 0 Å². The second-order valence-corrected chi connectivity index (χ2v) is 5.02. The first-order valence-electron chi connectivity index (χ1n) is 6.87. The zero-order chi connectivity index (χ0) is 14.4. The summed E-state index contributed by atoms with van der Waals surface area (Å²) in [6.45, 7) is 3.09. The van der Waals surface area contributed by atoms with Crippen LogP contribution in [-0.2, 0) is 16.1 Å². The van der Waals surface area contributed by atoms with Crippen LogP contribution in [0.2, 0.25) is 0 Å². The van der Waals surface area contributed by atoms with Gasteiger partial charge in [-0.3, -0.25) is 4.79 Å². The number of amides is 1. The van der Waals surface area contributed by atoms with Crippen molar-refractivity contribution in [1.29, 1.82) is 0 Å². The van der Waals surface area contributed by atoms with Crippen molar-refractivity contribution in [2.75, 3.05) is 13.1 Å². The minimum Gasteiger partial charge on any atom is -0.445 e. The molecule has 1 aliphatic rings. The lowest BCUT2D eigenvalue weighted by Crippen LogP contribution is -2.36. The second-order valence-electron chi connectivity index (χ2n) is 5.02. The summed E-state index contributed by atoms with van der Waals surface area (Å²) in [6, 6.07) is 9.61. The third-order valence-corrected chi connectivity index (χ3v) is 3.56. The largest absolute Gasteiger partial charge is 0.445 e. The molecule has 0 bridgehead atoms. The molecule has 108 valence electrons. The minimum absolute atomic E-state index is 0.00979. The Labute approximate surface area is 118 Å². The van der Waals surface area contributed by atoms with Crippen LogP contribution in [0.25, 0.3) is 0 Å². The van der Waals surface area contributed by atoms with Crippen LogP contribution in [0.15, 0.2) is 30.3 Å². The van der Waals surface area contributed by atoms with Gasteiger partial charge >= 0.3 is 6.09 Å². The Morgan fingerprint density at radius 3 is 2.75 bits per heavy atom. The Balaban J connectivity index is 1.68. The van der Waals surface area contributed by atoms with Crippen molar-refractivity contribution in [3.63, 3.8) is 0 Å². The van der Waals surface area contributed by atoms with Gasteiger partial charge in [0.05, 0.1) is 6.54 Å². The minimum atomic E-state index is -0.555. The molecule has 5 heteroatoms. The molecule has 1 aromatic carbocycles. The zero-order valence-electron chi connectivity index (χ0n) is 11.6. The molecule has 1 unspecified atom stereocenters. The first-order chi connectivity index (χ1) is 9.66. The molecule has 2 N–H and O–H groups in total. The van der Waals surface area contributed by atoms with Crippen LogP contribution in [0.5, 0.6) is 0 Å². The molecule has 1 heterocycles. The van der Waals surface area contributed by atoms with Crippen LogP contribution in [-0.4, -0.2) is 31.0 Å². The Morgan fingerprint density at radius 2 is 2.10 bits per heavy atom. The summed E-state index contributed by atoms with van der Waals surface area (Å²) >= 11 is 0. The number of carbonyl (C=O) groups excluding carboxylic acids is 2. The van der Waals surface area contributed by atoms with Crippen LogP contribution in [0.4, 0.5) is 4.79 Å². The fourth-order valence-corrected chi connectivity index (χ4v) is 2.36. The van der Waals surface area contributed by atoms with Crippen LogP contribution in [0.1, 0.15) is 18.9 Å². The molecule has 0 spiro atoms. The highest BCUT2D eigenvalue weighted by molar-refractivity contribution is 5.86. The highest BCUT2D eigenvalue weighted by atomic mass is 16.5. The number of ether oxygens (including phenoxy) is 1. The number of hydrogen-bond donors (Lipinski definition) is 2. The molecule has 5 nitrogen and oxygen atoms in total. The highest BCUT2D eigenvalue weighted by Gasteiger charge is 2.29. The van der Waals surface area contributed by atoms with Gasteiger partial charge in [0.15, 0.2) is 5.78 Å². The van der Waals surface area contributed by atoms with E-state index in [0.29, 0.717) is 0 Å². The fourth-order valence-electron chi connectivity index (χ4n) is 2.36. The average Bonchev–Trinajstić information content (AvgIpc) is 2.90. The summed E-state index contributed by atoms with van der Waals surface area (Å²) in [7, 11) is 0. The molecule has 0 saturated carbocycles. The van der Waals surface area contributed by atoms with Gasteiger partial charge < -0.3 is 15.4 Å². The molecule has 20 heavy (non-hydrogen) atoms. The number of benzene rings is 1. The summed E-state index contributed by atoms with van der Waals surface area (Å²) < 4.78 is 5.05. The van der Waals surface area contributed by atoms with Crippen molar-refractivity contribution in [2.24, 2.45) is 5.92 Å². The summed E-state index contributed by atoms with van der Waals surface area (Å²) in [5.41, 5.74) is 0.919. The van der Waals surface area contributed by atoms with Crippen LogP contribution < -0.4 is 10.6 Å². The predicted octanol–water partition coefficient (Wildman–Crippen LogP) is 1.48. The molecular weight excluding hydrogens is 256 g/mol. The zero-order valence-corrected chi connectivity index (χ0v) is 11.6. The number of nitrogens with one attached hydrogen (secondary N) is 2. The van der Waals surface area contributed by atoms with Gasteiger partial charge in [-0.1, -0.05) is 30.3 Å². The number of rotatable bonds is 5. The van der Waals surface area contributed by atoms with Crippen LogP contribution in [0.3, 0.4) is 0 Å². The summed E-state index contributed by atoms with van der Waals surface area (Å²) in [5.74, 6) is 0.0450. The van der Waals surface area contributed by atoms with Gasteiger partial charge in [-0.05, 0) is 25.5 Å². The molecule has 0 aliphatic carbocycles. The van der Waals surface area contributed by atoms with Gasteiger partial charge in [0, 0.05) is 12.0 Å². The molecule has 2 atom stereocenters. The van der Waals surface area contributed by atoms with Crippen LogP contribution in [0, 0.1) is 5.92 Å². The number of hydrogen-bond acceptors (Lipinski definition) is 4. The van der Waals surface area contributed by atoms with E-state index >= 15 is 0 Å². The molecular formula is C15H20N2O3. The molecule has 2 rings (SSSR count). The van der Waals surface area contributed by atoms with Crippen molar-refractivity contribution in [2.45, 2.75) is 26.0 Å². The topological polar surface area (TPSA) is 67.4 Å². The van der Waals surface area contributed by atoms with Gasteiger partial charge in [0.2, 0.25) is 0 Å². The lowest BCUT2D eigenvalue weighted by molar-refractivity contribution is -0.122. The van der Waals surface area contributed by atoms with Crippen molar-refractivity contribution in [3.05, 3.63) is 35.9 Å². The monoisotopic (exact) mass is 276 g/mol. The fraction of sp³-hybridized carbons (Fsp3) is 0.467. The lowest BCUT2D eigenvalue weighted by Gasteiger charge is -2.14.